The van der Waals surface area contributed by atoms with Gasteiger partial charge in [-0.05, 0) is 18.2 Å². The maximum absolute atomic E-state index is 8.49. The molecule has 0 aliphatic rings. The average molecular weight is 278 g/mol. The molecule has 0 unspecified atom stereocenters. The third-order valence-corrected chi connectivity index (χ3v) is 1.63. The lowest BCUT2D eigenvalue weighted by molar-refractivity contribution is 1.47. The lowest BCUT2D eigenvalue weighted by atomic mass is 10.2. The summed E-state index contributed by atoms with van der Waals surface area (Å²) >= 11 is 3.23. The number of nitriles is 1. The van der Waals surface area contributed by atoms with Crippen molar-refractivity contribution in [3.05, 3.63) is 28.2 Å². The van der Waals surface area contributed by atoms with Crippen molar-refractivity contribution in [1.29, 1.82) is 5.26 Å². The molecular weight excluding hydrogens is 272 g/mol. The van der Waals surface area contributed by atoms with Crippen LogP contribution in [-0.4, -0.2) is 0 Å². The summed E-state index contributed by atoms with van der Waals surface area (Å²) in [5.74, 6) is 0. The van der Waals surface area contributed by atoms with Gasteiger partial charge in [0, 0.05) is 10.2 Å². The normalized spacial score (nSPS) is 8.00. The number of nitrogen functional groups attached to an aromatic ring is 1. The van der Waals surface area contributed by atoms with Gasteiger partial charge >= 0.3 is 0 Å². The van der Waals surface area contributed by atoms with E-state index in [9.17, 15) is 0 Å². The van der Waals surface area contributed by atoms with Gasteiger partial charge in [-0.1, -0.05) is 15.9 Å². The van der Waals surface area contributed by atoms with Crippen LogP contribution in [0.25, 0.3) is 0 Å². The summed E-state index contributed by atoms with van der Waals surface area (Å²) in [4.78, 5) is 0. The van der Waals surface area contributed by atoms with Crippen LogP contribution in [0.4, 0.5) is 5.69 Å². The third-order valence-electron chi connectivity index (χ3n) is 1.14. The zero-order chi connectivity index (χ0) is 7.56. The molecule has 1 aromatic carbocycles. The Labute approximate surface area is 83.9 Å². The topological polar surface area (TPSA) is 49.8 Å². The SMILES string of the molecule is Br.N#Cc1cc(Br)ccc1N. The highest BCUT2D eigenvalue weighted by molar-refractivity contribution is 9.10. The molecule has 0 aliphatic carbocycles. The van der Waals surface area contributed by atoms with Gasteiger partial charge in [0.05, 0.1) is 5.56 Å². The van der Waals surface area contributed by atoms with Gasteiger partial charge in [0.1, 0.15) is 6.07 Å². The minimum Gasteiger partial charge on any atom is -0.398 e. The van der Waals surface area contributed by atoms with E-state index in [2.05, 4.69) is 15.9 Å². The smallest absolute Gasteiger partial charge is 0.101 e. The van der Waals surface area contributed by atoms with Crippen LogP contribution in [0.5, 0.6) is 0 Å². The molecule has 0 bridgehead atoms. The lowest BCUT2D eigenvalue weighted by Crippen LogP contribution is -1.88. The molecule has 1 rings (SSSR count). The van der Waals surface area contributed by atoms with E-state index >= 15 is 0 Å². The molecule has 4 heteroatoms. The van der Waals surface area contributed by atoms with Gasteiger partial charge in [0.2, 0.25) is 0 Å². The largest absolute Gasteiger partial charge is 0.398 e. The van der Waals surface area contributed by atoms with E-state index in [1.165, 1.54) is 0 Å². The number of anilines is 1. The zero-order valence-electron chi connectivity index (χ0n) is 5.54. The van der Waals surface area contributed by atoms with Crippen LogP contribution in [-0.2, 0) is 0 Å². The molecule has 0 aliphatic heterocycles. The van der Waals surface area contributed by atoms with Crippen LogP contribution in [0, 0.1) is 11.3 Å². The monoisotopic (exact) mass is 276 g/mol. The van der Waals surface area contributed by atoms with Gasteiger partial charge < -0.3 is 5.73 Å². The Morgan fingerprint density at radius 2 is 2.09 bits per heavy atom. The van der Waals surface area contributed by atoms with Crippen molar-refractivity contribution >= 4 is 38.6 Å². The average Bonchev–Trinajstić information content (AvgIpc) is 1.94. The molecule has 1 aromatic rings. The first kappa shape index (κ1) is 10.5. The highest BCUT2D eigenvalue weighted by Crippen LogP contribution is 2.16. The van der Waals surface area contributed by atoms with Crippen molar-refractivity contribution in [3.8, 4) is 6.07 Å². The predicted octanol–water partition coefficient (Wildman–Crippen LogP) is 2.48. The molecule has 0 aromatic heterocycles. The van der Waals surface area contributed by atoms with Gasteiger partial charge in [0.25, 0.3) is 0 Å². The second-order valence-corrected chi connectivity index (χ2v) is 2.76. The first-order valence-corrected chi connectivity index (χ1v) is 3.48. The summed E-state index contributed by atoms with van der Waals surface area (Å²) in [7, 11) is 0. The van der Waals surface area contributed by atoms with E-state index in [0.717, 1.165) is 4.47 Å². The Balaban J connectivity index is 0.000001000. The summed E-state index contributed by atoms with van der Waals surface area (Å²) in [5, 5.41) is 8.49. The number of halogens is 2. The summed E-state index contributed by atoms with van der Waals surface area (Å²) < 4.78 is 0.873. The molecular formula is C7H6Br2N2. The number of hydrogen-bond donors (Lipinski definition) is 1. The van der Waals surface area contributed by atoms with Gasteiger partial charge in [-0.3, -0.25) is 0 Å². The highest BCUT2D eigenvalue weighted by Gasteiger charge is 1.95. The highest BCUT2D eigenvalue weighted by atomic mass is 79.9. The molecule has 2 N–H and O–H groups in total. The molecule has 0 radical (unpaired) electrons. The fourth-order valence-corrected chi connectivity index (χ4v) is 0.986. The summed E-state index contributed by atoms with van der Waals surface area (Å²) in [6.07, 6.45) is 0. The van der Waals surface area contributed by atoms with Crippen LogP contribution in [0.3, 0.4) is 0 Å². The molecule has 0 heterocycles. The van der Waals surface area contributed by atoms with Gasteiger partial charge in [-0.25, -0.2) is 0 Å². The van der Waals surface area contributed by atoms with Gasteiger partial charge in [0.15, 0.2) is 0 Å². The van der Waals surface area contributed by atoms with Crippen molar-refractivity contribution in [2.45, 2.75) is 0 Å². The molecule has 2 nitrogen and oxygen atoms in total. The maximum atomic E-state index is 8.49. The van der Waals surface area contributed by atoms with E-state index < -0.39 is 0 Å². The fraction of sp³-hybridized carbons (Fsp3) is 0. The summed E-state index contributed by atoms with van der Waals surface area (Å²) in [6.45, 7) is 0. The number of benzene rings is 1. The lowest BCUT2D eigenvalue weighted by Gasteiger charge is -1.95. The standard InChI is InChI=1S/C7H5BrN2.BrH/c8-6-1-2-7(10)5(3-6)4-9;/h1-3H,10H2;1H. The quantitative estimate of drug-likeness (QED) is 0.741. The molecule has 58 valence electrons. The van der Waals surface area contributed by atoms with E-state index in [1.54, 1.807) is 18.2 Å². The number of nitrogens with zero attached hydrogens (tertiary/aromatic N) is 1. The van der Waals surface area contributed by atoms with Crippen molar-refractivity contribution in [3.63, 3.8) is 0 Å². The minimum absolute atomic E-state index is 0. The zero-order valence-corrected chi connectivity index (χ0v) is 8.84. The molecule has 0 fully saturated rings. The Hall–Kier alpha value is -0.530. The Morgan fingerprint density at radius 3 is 2.55 bits per heavy atom. The second kappa shape index (κ2) is 4.37. The number of hydrogen-bond acceptors (Lipinski definition) is 2. The summed E-state index contributed by atoms with van der Waals surface area (Å²) in [6, 6.07) is 7.17. The van der Waals surface area contributed by atoms with Crippen LogP contribution in [0.1, 0.15) is 5.56 Å². The number of nitrogens with two attached hydrogens (primary N) is 1. The molecule has 0 amide bonds. The minimum atomic E-state index is 0. The van der Waals surface area contributed by atoms with Crippen molar-refractivity contribution < 1.29 is 0 Å². The van der Waals surface area contributed by atoms with Crippen LogP contribution >= 0.6 is 32.9 Å². The molecule has 0 atom stereocenters. The third kappa shape index (κ3) is 2.52. The second-order valence-electron chi connectivity index (χ2n) is 1.84. The van der Waals surface area contributed by atoms with Crippen LogP contribution < -0.4 is 5.73 Å². The van der Waals surface area contributed by atoms with Gasteiger partial charge in [-0.15, -0.1) is 17.0 Å². The fourth-order valence-electron chi connectivity index (χ4n) is 0.625. The molecule has 0 saturated carbocycles. The van der Waals surface area contributed by atoms with E-state index in [-0.39, 0.29) is 17.0 Å². The molecule has 0 spiro atoms. The van der Waals surface area contributed by atoms with Crippen LogP contribution in [0.2, 0.25) is 0 Å². The summed E-state index contributed by atoms with van der Waals surface area (Å²) in [5.41, 5.74) is 6.48. The first-order valence-electron chi connectivity index (χ1n) is 2.69. The Kier molecular flexibility index (Phi) is 4.16. The maximum Gasteiger partial charge on any atom is 0.101 e. The van der Waals surface area contributed by atoms with Crippen molar-refractivity contribution in [2.24, 2.45) is 0 Å². The van der Waals surface area contributed by atoms with Crippen LogP contribution in [0.15, 0.2) is 22.7 Å². The van der Waals surface area contributed by atoms with Crippen molar-refractivity contribution in [1.82, 2.24) is 0 Å². The molecule has 0 saturated heterocycles. The Bertz CT molecular complexity index is 291. The van der Waals surface area contributed by atoms with Crippen molar-refractivity contribution in [2.75, 3.05) is 5.73 Å². The first-order chi connectivity index (χ1) is 4.74. The molecule has 11 heavy (non-hydrogen) atoms. The van der Waals surface area contributed by atoms with Gasteiger partial charge in [-0.2, -0.15) is 5.26 Å². The Morgan fingerprint density at radius 1 is 1.45 bits per heavy atom. The van der Waals surface area contributed by atoms with E-state index in [0.29, 0.717) is 11.3 Å². The van der Waals surface area contributed by atoms with E-state index in [4.69, 9.17) is 11.0 Å². The predicted molar refractivity (Wildman–Crippen MR) is 53.6 cm³/mol. The van der Waals surface area contributed by atoms with E-state index in [1.807, 2.05) is 6.07 Å². The number of rotatable bonds is 0.